The van der Waals surface area contributed by atoms with Crippen LogP contribution in [0.25, 0.3) is 0 Å². The van der Waals surface area contributed by atoms with Crippen LogP contribution in [0.4, 0.5) is 5.69 Å². The van der Waals surface area contributed by atoms with Crippen molar-refractivity contribution in [3.8, 4) is 0 Å². The summed E-state index contributed by atoms with van der Waals surface area (Å²) in [6.45, 7) is 5.97. The highest BCUT2D eigenvalue weighted by Crippen LogP contribution is 2.35. The predicted octanol–water partition coefficient (Wildman–Crippen LogP) is 3.33. The molecule has 4 nitrogen and oxygen atoms in total. The van der Waals surface area contributed by atoms with Gasteiger partial charge < -0.3 is 5.73 Å². The van der Waals surface area contributed by atoms with Gasteiger partial charge in [0.05, 0.1) is 4.90 Å². The summed E-state index contributed by atoms with van der Waals surface area (Å²) in [5.41, 5.74) is 6.76. The van der Waals surface area contributed by atoms with Crippen LogP contribution in [0.15, 0.2) is 17.0 Å². The van der Waals surface area contributed by atoms with Crippen LogP contribution in [-0.4, -0.2) is 14.5 Å². The van der Waals surface area contributed by atoms with Crippen molar-refractivity contribution in [1.82, 2.24) is 4.72 Å². The second-order valence-corrected chi connectivity index (χ2v) is 8.07. The zero-order valence-corrected chi connectivity index (χ0v) is 14.3. The third kappa shape index (κ3) is 3.35. The summed E-state index contributed by atoms with van der Waals surface area (Å²) in [4.78, 5) is 0.180. The Balaban J connectivity index is 2.28. The zero-order valence-electron chi connectivity index (χ0n) is 12.7. The first kappa shape index (κ1) is 16.6. The minimum absolute atomic E-state index is 0.0143. The second kappa shape index (κ2) is 6.15. The van der Waals surface area contributed by atoms with Gasteiger partial charge in [-0.05, 0) is 49.3 Å². The minimum atomic E-state index is -3.60. The fourth-order valence-electron chi connectivity index (χ4n) is 3.21. The molecule has 1 aromatic carbocycles. The maximum atomic E-state index is 12.6. The van der Waals surface area contributed by atoms with Gasteiger partial charge in [-0.15, -0.1) is 0 Å². The number of hydrogen-bond acceptors (Lipinski definition) is 3. The van der Waals surface area contributed by atoms with Gasteiger partial charge in [0.25, 0.3) is 0 Å². The number of halogens is 1. The van der Waals surface area contributed by atoms with Gasteiger partial charge in [0, 0.05) is 16.8 Å². The van der Waals surface area contributed by atoms with E-state index in [-0.39, 0.29) is 10.9 Å². The van der Waals surface area contributed by atoms with E-state index in [2.05, 4.69) is 18.6 Å². The summed E-state index contributed by atoms with van der Waals surface area (Å²) in [7, 11) is -3.60. The number of anilines is 1. The van der Waals surface area contributed by atoms with Crippen LogP contribution < -0.4 is 10.5 Å². The summed E-state index contributed by atoms with van der Waals surface area (Å²) in [6.07, 6.45) is 3.04. The molecule has 0 bridgehead atoms. The van der Waals surface area contributed by atoms with Crippen molar-refractivity contribution in [2.75, 3.05) is 5.73 Å². The Bertz CT molecular complexity index is 631. The Kier molecular flexibility index (Phi) is 4.85. The zero-order chi connectivity index (χ0) is 15.8. The molecule has 0 saturated heterocycles. The molecule has 0 spiro atoms. The number of hydrogen-bond donors (Lipinski definition) is 2. The van der Waals surface area contributed by atoms with Crippen molar-refractivity contribution in [2.24, 2.45) is 11.8 Å². The topological polar surface area (TPSA) is 72.2 Å². The molecule has 0 radical (unpaired) electrons. The van der Waals surface area contributed by atoms with Crippen molar-refractivity contribution >= 4 is 27.3 Å². The van der Waals surface area contributed by atoms with Crippen molar-refractivity contribution < 1.29 is 8.42 Å². The molecule has 118 valence electrons. The molecule has 3 atom stereocenters. The van der Waals surface area contributed by atoms with Crippen LogP contribution in [-0.2, 0) is 10.0 Å². The lowest BCUT2D eigenvalue weighted by Gasteiger charge is -2.21. The SMILES string of the molecule is CCC1CCC(NS(=O)(=O)c2cc(Cl)cc(N)c2C)C1C. The van der Waals surface area contributed by atoms with Gasteiger partial charge in [-0.3, -0.25) is 0 Å². The highest BCUT2D eigenvalue weighted by Gasteiger charge is 2.35. The van der Waals surface area contributed by atoms with E-state index in [0.717, 1.165) is 19.3 Å². The average molecular weight is 331 g/mol. The van der Waals surface area contributed by atoms with E-state index in [4.69, 9.17) is 17.3 Å². The van der Waals surface area contributed by atoms with Crippen LogP contribution in [0.3, 0.4) is 0 Å². The molecule has 3 unspecified atom stereocenters. The summed E-state index contributed by atoms with van der Waals surface area (Å²) in [5, 5.41) is 0.337. The lowest BCUT2D eigenvalue weighted by molar-refractivity contribution is 0.368. The molecule has 1 aliphatic carbocycles. The third-order valence-electron chi connectivity index (χ3n) is 4.71. The van der Waals surface area contributed by atoms with Gasteiger partial charge in [-0.2, -0.15) is 0 Å². The maximum absolute atomic E-state index is 12.6. The van der Waals surface area contributed by atoms with E-state index >= 15 is 0 Å². The molecular weight excluding hydrogens is 308 g/mol. The molecule has 1 aliphatic rings. The van der Waals surface area contributed by atoms with Gasteiger partial charge in [-0.25, -0.2) is 13.1 Å². The third-order valence-corrected chi connectivity index (χ3v) is 6.55. The molecule has 1 fully saturated rings. The van der Waals surface area contributed by atoms with Gasteiger partial charge in [0.1, 0.15) is 0 Å². The average Bonchev–Trinajstić information content (AvgIpc) is 2.74. The largest absolute Gasteiger partial charge is 0.398 e. The van der Waals surface area contributed by atoms with E-state index in [1.165, 1.54) is 6.07 Å². The first-order valence-corrected chi connectivity index (χ1v) is 9.20. The Morgan fingerprint density at radius 3 is 2.62 bits per heavy atom. The lowest BCUT2D eigenvalue weighted by Crippen LogP contribution is -2.37. The fourth-order valence-corrected chi connectivity index (χ4v) is 5.16. The van der Waals surface area contributed by atoms with Crippen molar-refractivity contribution in [2.45, 2.75) is 51.0 Å². The van der Waals surface area contributed by atoms with Crippen LogP contribution >= 0.6 is 11.6 Å². The van der Waals surface area contributed by atoms with Crippen LogP contribution in [0.5, 0.6) is 0 Å². The maximum Gasteiger partial charge on any atom is 0.241 e. The molecule has 0 aromatic heterocycles. The number of nitrogens with two attached hydrogens (primary N) is 1. The van der Waals surface area contributed by atoms with Crippen LogP contribution in [0.2, 0.25) is 5.02 Å². The van der Waals surface area contributed by atoms with Crippen LogP contribution in [0.1, 0.15) is 38.7 Å². The van der Waals surface area contributed by atoms with E-state index in [9.17, 15) is 8.42 Å². The van der Waals surface area contributed by atoms with Crippen molar-refractivity contribution in [3.05, 3.63) is 22.7 Å². The molecule has 0 amide bonds. The molecule has 3 N–H and O–H groups in total. The number of sulfonamides is 1. The lowest BCUT2D eigenvalue weighted by atomic mass is 9.94. The molecule has 0 heterocycles. The molecule has 2 rings (SSSR count). The van der Waals surface area contributed by atoms with E-state index in [1.807, 2.05) is 0 Å². The fraction of sp³-hybridized carbons (Fsp3) is 0.600. The van der Waals surface area contributed by atoms with E-state index in [1.54, 1.807) is 13.0 Å². The van der Waals surface area contributed by atoms with Crippen LogP contribution in [0, 0.1) is 18.8 Å². The molecule has 1 saturated carbocycles. The Hall–Kier alpha value is -0.780. The van der Waals surface area contributed by atoms with Gasteiger partial charge >= 0.3 is 0 Å². The predicted molar refractivity (Wildman–Crippen MR) is 86.9 cm³/mol. The Labute approximate surface area is 132 Å². The monoisotopic (exact) mass is 330 g/mol. The first-order chi connectivity index (χ1) is 9.76. The Morgan fingerprint density at radius 2 is 2.05 bits per heavy atom. The molecule has 6 heteroatoms. The first-order valence-electron chi connectivity index (χ1n) is 7.34. The van der Waals surface area contributed by atoms with E-state index in [0.29, 0.717) is 28.1 Å². The normalized spacial score (nSPS) is 26.2. The summed E-state index contributed by atoms with van der Waals surface area (Å²) < 4.78 is 28.1. The van der Waals surface area contributed by atoms with Gasteiger partial charge in [-0.1, -0.05) is 31.9 Å². The number of nitrogen functional groups attached to an aromatic ring is 1. The number of nitrogens with one attached hydrogen (secondary N) is 1. The molecule has 0 aliphatic heterocycles. The standard InChI is InChI=1S/C15H23ClN2O2S/c1-4-11-5-6-14(9(11)2)18-21(19,20)15-8-12(16)7-13(17)10(15)3/h7-9,11,14,18H,4-6,17H2,1-3H3. The van der Waals surface area contributed by atoms with Gasteiger partial charge in [0.2, 0.25) is 10.0 Å². The smallest absolute Gasteiger partial charge is 0.241 e. The molecule has 1 aromatic rings. The number of benzene rings is 1. The highest BCUT2D eigenvalue weighted by molar-refractivity contribution is 7.89. The second-order valence-electron chi connectivity index (χ2n) is 5.95. The Morgan fingerprint density at radius 1 is 1.38 bits per heavy atom. The summed E-state index contributed by atoms with van der Waals surface area (Å²) >= 11 is 5.95. The molecule has 21 heavy (non-hydrogen) atoms. The van der Waals surface area contributed by atoms with Crippen molar-refractivity contribution in [1.29, 1.82) is 0 Å². The van der Waals surface area contributed by atoms with Crippen molar-refractivity contribution in [3.63, 3.8) is 0 Å². The van der Waals surface area contributed by atoms with E-state index < -0.39 is 10.0 Å². The molecular formula is C15H23ClN2O2S. The number of rotatable bonds is 4. The van der Waals surface area contributed by atoms with Gasteiger partial charge in [0.15, 0.2) is 0 Å². The minimum Gasteiger partial charge on any atom is -0.398 e. The quantitative estimate of drug-likeness (QED) is 0.832. The highest BCUT2D eigenvalue weighted by atomic mass is 35.5. The summed E-state index contributed by atoms with van der Waals surface area (Å²) in [6, 6.07) is 3.02. The summed E-state index contributed by atoms with van der Waals surface area (Å²) in [5.74, 6) is 0.935.